The molecule has 0 saturated carbocycles. The van der Waals surface area contributed by atoms with Crippen LogP contribution in [0.4, 0.5) is 0 Å². The number of benzene rings is 2. The van der Waals surface area contributed by atoms with Gasteiger partial charge in [-0.25, -0.2) is 4.98 Å². The SMILES string of the molecule is COc1ccc(-c2nc(C(=O)NCCSc3ccccc3)cs2)cc1. The lowest BCUT2D eigenvalue weighted by Gasteiger charge is -2.03. The minimum atomic E-state index is -0.135. The molecule has 6 heteroatoms. The van der Waals surface area contributed by atoms with Gasteiger partial charge < -0.3 is 10.1 Å². The molecule has 0 atom stereocenters. The first-order valence-electron chi connectivity index (χ1n) is 7.82. The Morgan fingerprint density at radius 1 is 1.16 bits per heavy atom. The van der Waals surface area contributed by atoms with Gasteiger partial charge in [-0.15, -0.1) is 23.1 Å². The number of thiazole rings is 1. The van der Waals surface area contributed by atoms with Gasteiger partial charge in [-0.3, -0.25) is 4.79 Å². The zero-order chi connectivity index (χ0) is 17.5. The average Bonchev–Trinajstić information content (AvgIpc) is 3.16. The van der Waals surface area contributed by atoms with E-state index in [9.17, 15) is 4.79 Å². The predicted octanol–water partition coefficient (Wildman–Crippen LogP) is 4.34. The Morgan fingerprint density at radius 3 is 2.64 bits per heavy atom. The molecule has 128 valence electrons. The smallest absolute Gasteiger partial charge is 0.270 e. The summed E-state index contributed by atoms with van der Waals surface area (Å²) in [6, 6.07) is 17.8. The fraction of sp³-hybridized carbons (Fsp3) is 0.158. The first kappa shape index (κ1) is 17.5. The number of carbonyl (C=O) groups excluding carboxylic acids is 1. The van der Waals surface area contributed by atoms with Gasteiger partial charge in [-0.1, -0.05) is 18.2 Å². The second-order valence-electron chi connectivity index (χ2n) is 5.18. The maximum atomic E-state index is 12.2. The summed E-state index contributed by atoms with van der Waals surface area (Å²) in [5.74, 6) is 1.49. The number of thioether (sulfide) groups is 1. The number of nitrogens with zero attached hydrogens (tertiary/aromatic N) is 1. The molecular formula is C19H18N2O2S2. The lowest BCUT2D eigenvalue weighted by molar-refractivity contribution is 0.0952. The highest BCUT2D eigenvalue weighted by molar-refractivity contribution is 7.99. The molecule has 25 heavy (non-hydrogen) atoms. The van der Waals surface area contributed by atoms with E-state index in [4.69, 9.17) is 4.74 Å². The molecule has 0 radical (unpaired) electrons. The molecular weight excluding hydrogens is 352 g/mol. The molecule has 0 fully saturated rings. The van der Waals surface area contributed by atoms with Crippen LogP contribution in [0.2, 0.25) is 0 Å². The Labute approximate surface area is 155 Å². The summed E-state index contributed by atoms with van der Waals surface area (Å²) in [5, 5.41) is 5.53. The Kier molecular flexibility index (Phi) is 6.09. The zero-order valence-electron chi connectivity index (χ0n) is 13.8. The summed E-state index contributed by atoms with van der Waals surface area (Å²) in [5.41, 5.74) is 1.44. The van der Waals surface area contributed by atoms with Gasteiger partial charge in [0.25, 0.3) is 5.91 Å². The van der Waals surface area contributed by atoms with Crippen LogP contribution in [-0.4, -0.2) is 30.3 Å². The van der Waals surface area contributed by atoms with Crippen molar-refractivity contribution in [1.82, 2.24) is 10.3 Å². The fourth-order valence-corrected chi connectivity index (χ4v) is 3.78. The summed E-state index contributed by atoms with van der Waals surface area (Å²) in [4.78, 5) is 17.8. The van der Waals surface area contributed by atoms with E-state index in [0.717, 1.165) is 22.1 Å². The number of hydrogen-bond donors (Lipinski definition) is 1. The van der Waals surface area contributed by atoms with E-state index in [-0.39, 0.29) is 5.91 Å². The number of carbonyl (C=O) groups is 1. The molecule has 1 N–H and O–H groups in total. The van der Waals surface area contributed by atoms with E-state index in [2.05, 4.69) is 22.4 Å². The molecule has 3 rings (SSSR count). The highest BCUT2D eigenvalue weighted by atomic mass is 32.2. The van der Waals surface area contributed by atoms with Crippen LogP contribution in [-0.2, 0) is 0 Å². The molecule has 0 aliphatic rings. The summed E-state index contributed by atoms with van der Waals surface area (Å²) >= 11 is 3.18. The Hall–Kier alpha value is -2.31. The van der Waals surface area contributed by atoms with Gasteiger partial charge in [0, 0.05) is 28.1 Å². The van der Waals surface area contributed by atoms with E-state index < -0.39 is 0 Å². The van der Waals surface area contributed by atoms with Crippen LogP contribution in [0.25, 0.3) is 10.6 Å². The van der Waals surface area contributed by atoms with Crippen LogP contribution in [0, 0.1) is 0 Å². The van der Waals surface area contributed by atoms with Crippen molar-refractivity contribution in [2.45, 2.75) is 4.90 Å². The number of hydrogen-bond acceptors (Lipinski definition) is 5. The molecule has 0 aliphatic carbocycles. The summed E-state index contributed by atoms with van der Waals surface area (Å²) in [6.07, 6.45) is 0. The van der Waals surface area contributed by atoms with Crippen molar-refractivity contribution in [3.05, 3.63) is 65.7 Å². The largest absolute Gasteiger partial charge is 0.497 e. The van der Waals surface area contributed by atoms with Gasteiger partial charge in [-0.2, -0.15) is 0 Å². The van der Waals surface area contributed by atoms with Crippen molar-refractivity contribution in [1.29, 1.82) is 0 Å². The molecule has 0 bridgehead atoms. The predicted molar refractivity (Wildman–Crippen MR) is 104 cm³/mol. The van der Waals surface area contributed by atoms with Crippen molar-refractivity contribution in [2.24, 2.45) is 0 Å². The second-order valence-corrected chi connectivity index (χ2v) is 7.21. The number of ether oxygens (including phenoxy) is 1. The molecule has 1 heterocycles. The maximum absolute atomic E-state index is 12.2. The first-order chi connectivity index (χ1) is 12.3. The van der Waals surface area contributed by atoms with E-state index in [1.54, 1.807) is 24.3 Å². The molecule has 0 saturated heterocycles. The average molecular weight is 370 g/mol. The van der Waals surface area contributed by atoms with Crippen LogP contribution in [0.3, 0.4) is 0 Å². The number of amides is 1. The van der Waals surface area contributed by atoms with Gasteiger partial charge in [-0.05, 0) is 36.4 Å². The molecule has 0 aliphatic heterocycles. The summed E-state index contributed by atoms with van der Waals surface area (Å²) < 4.78 is 5.15. The van der Waals surface area contributed by atoms with Gasteiger partial charge in [0.2, 0.25) is 0 Å². The lowest BCUT2D eigenvalue weighted by atomic mass is 10.2. The zero-order valence-corrected chi connectivity index (χ0v) is 15.4. The van der Waals surface area contributed by atoms with Gasteiger partial charge in [0.05, 0.1) is 7.11 Å². The highest BCUT2D eigenvalue weighted by Crippen LogP contribution is 2.25. The van der Waals surface area contributed by atoms with Crippen LogP contribution in [0.1, 0.15) is 10.5 Å². The molecule has 0 unspecified atom stereocenters. The van der Waals surface area contributed by atoms with Gasteiger partial charge in [0.1, 0.15) is 16.5 Å². The summed E-state index contributed by atoms with van der Waals surface area (Å²) in [7, 11) is 1.64. The molecule has 3 aromatic rings. The fourth-order valence-electron chi connectivity index (χ4n) is 2.18. The third-order valence-corrected chi connectivity index (χ3v) is 5.38. The number of methoxy groups -OCH3 is 1. The van der Waals surface area contributed by atoms with Crippen molar-refractivity contribution in [3.8, 4) is 16.3 Å². The van der Waals surface area contributed by atoms with Crippen molar-refractivity contribution in [2.75, 3.05) is 19.4 Å². The van der Waals surface area contributed by atoms with E-state index in [0.29, 0.717) is 12.2 Å². The molecule has 1 amide bonds. The monoisotopic (exact) mass is 370 g/mol. The standard InChI is InChI=1S/C19H18N2O2S2/c1-23-15-9-7-14(8-10-15)19-21-17(13-25-19)18(22)20-11-12-24-16-5-3-2-4-6-16/h2-10,13H,11-12H2,1H3,(H,20,22). The van der Waals surface area contributed by atoms with Crippen molar-refractivity contribution >= 4 is 29.0 Å². The lowest BCUT2D eigenvalue weighted by Crippen LogP contribution is -2.25. The number of rotatable bonds is 7. The Morgan fingerprint density at radius 2 is 1.92 bits per heavy atom. The van der Waals surface area contributed by atoms with Crippen LogP contribution in [0.5, 0.6) is 5.75 Å². The first-order valence-corrected chi connectivity index (χ1v) is 9.69. The van der Waals surface area contributed by atoms with Gasteiger partial charge in [0.15, 0.2) is 0 Å². The second kappa shape index (κ2) is 8.69. The molecule has 0 spiro atoms. The van der Waals surface area contributed by atoms with E-state index >= 15 is 0 Å². The third kappa shape index (κ3) is 4.84. The van der Waals surface area contributed by atoms with Gasteiger partial charge >= 0.3 is 0 Å². The number of aromatic nitrogens is 1. The molecule has 4 nitrogen and oxygen atoms in total. The Balaban J connectivity index is 1.51. The number of nitrogens with one attached hydrogen (secondary N) is 1. The van der Waals surface area contributed by atoms with E-state index in [1.807, 2.05) is 42.5 Å². The minimum Gasteiger partial charge on any atom is -0.497 e. The molecule has 1 aromatic heterocycles. The normalized spacial score (nSPS) is 10.4. The molecule has 2 aromatic carbocycles. The summed E-state index contributed by atoms with van der Waals surface area (Å²) in [6.45, 7) is 0.605. The highest BCUT2D eigenvalue weighted by Gasteiger charge is 2.11. The van der Waals surface area contributed by atoms with Crippen LogP contribution < -0.4 is 10.1 Å². The van der Waals surface area contributed by atoms with Crippen LogP contribution >= 0.6 is 23.1 Å². The Bertz CT molecular complexity index is 817. The maximum Gasteiger partial charge on any atom is 0.270 e. The van der Waals surface area contributed by atoms with Crippen molar-refractivity contribution in [3.63, 3.8) is 0 Å². The van der Waals surface area contributed by atoms with E-state index in [1.165, 1.54) is 16.2 Å². The van der Waals surface area contributed by atoms with Crippen molar-refractivity contribution < 1.29 is 9.53 Å². The minimum absolute atomic E-state index is 0.135. The van der Waals surface area contributed by atoms with Crippen LogP contribution in [0.15, 0.2) is 64.9 Å². The quantitative estimate of drug-likeness (QED) is 0.496. The topological polar surface area (TPSA) is 51.2 Å². The third-order valence-electron chi connectivity index (χ3n) is 3.47.